The number of benzene rings is 1. The van der Waals surface area contributed by atoms with Crippen molar-refractivity contribution in [2.24, 2.45) is 17.5 Å². The highest BCUT2D eigenvalue weighted by Gasteiger charge is 2.25. The largest absolute Gasteiger partial charge is 0.392 e. The van der Waals surface area contributed by atoms with Gasteiger partial charge in [-0.05, 0) is 36.5 Å². The molecule has 0 fully saturated rings. The van der Waals surface area contributed by atoms with E-state index in [2.05, 4.69) is 16.1 Å². The first-order chi connectivity index (χ1) is 11.9. The van der Waals surface area contributed by atoms with Crippen LogP contribution in [0.1, 0.15) is 32.3 Å². The summed E-state index contributed by atoms with van der Waals surface area (Å²) in [4.78, 5) is 24.7. The average molecular weight is 351 g/mol. The molecule has 140 valence electrons. The highest BCUT2D eigenvalue weighted by molar-refractivity contribution is 5.97. The van der Waals surface area contributed by atoms with Gasteiger partial charge in [0.15, 0.2) is 0 Å². The molecule has 0 aromatic heterocycles. The summed E-state index contributed by atoms with van der Waals surface area (Å²) in [5, 5.41) is 14.5. The van der Waals surface area contributed by atoms with E-state index in [4.69, 9.17) is 16.7 Å². The minimum absolute atomic E-state index is 0.0274. The number of carbonyl (C=O) groups excluding carboxylic acids is 2. The van der Waals surface area contributed by atoms with E-state index in [1.54, 1.807) is 24.3 Å². The van der Waals surface area contributed by atoms with Gasteiger partial charge in [0.2, 0.25) is 11.8 Å². The minimum Gasteiger partial charge on any atom is -0.392 e. The first kappa shape index (κ1) is 21.0. The Kier molecular flexibility index (Phi) is 9.07. The van der Waals surface area contributed by atoms with Gasteiger partial charge in [-0.2, -0.15) is 0 Å². The van der Waals surface area contributed by atoms with Crippen molar-refractivity contribution >= 4 is 17.5 Å². The van der Waals surface area contributed by atoms with E-state index in [0.29, 0.717) is 25.1 Å². The molecule has 1 aromatic rings. The number of carbonyl (C=O) groups is 2. The number of rotatable bonds is 10. The fourth-order valence-corrected chi connectivity index (χ4v) is 2.17. The van der Waals surface area contributed by atoms with Crippen molar-refractivity contribution in [2.45, 2.75) is 45.4 Å². The van der Waals surface area contributed by atoms with Crippen molar-refractivity contribution in [3.63, 3.8) is 0 Å². The quantitative estimate of drug-likeness (QED) is 0.196. The molecule has 0 unspecified atom stereocenters. The van der Waals surface area contributed by atoms with Crippen LogP contribution in [-0.4, -0.2) is 35.5 Å². The van der Waals surface area contributed by atoms with Gasteiger partial charge in [-0.15, -0.1) is 0 Å². The Hall–Kier alpha value is -2.00. The van der Waals surface area contributed by atoms with Crippen LogP contribution < -0.4 is 27.6 Å². The molecule has 0 aliphatic carbocycles. The maximum Gasteiger partial charge on any atom is 0.246 e. The van der Waals surface area contributed by atoms with Gasteiger partial charge in [0, 0.05) is 12.2 Å². The fraction of sp³-hybridized carbons (Fsp3) is 0.529. The number of aliphatic hydroxyl groups excluding tert-OH is 1. The zero-order chi connectivity index (χ0) is 18.8. The molecule has 25 heavy (non-hydrogen) atoms. The number of nitrogens with two attached hydrogens (primary N) is 2. The number of hydrogen-bond donors (Lipinski definition) is 6. The maximum absolute atomic E-state index is 12.5. The van der Waals surface area contributed by atoms with Gasteiger partial charge >= 0.3 is 0 Å². The van der Waals surface area contributed by atoms with Gasteiger partial charge in [0.25, 0.3) is 0 Å². The lowest BCUT2D eigenvalue weighted by Gasteiger charge is -2.22. The number of aliphatic hydroxyl groups is 1. The molecular weight excluding hydrogens is 322 g/mol. The van der Waals surface area contributed by atoms with Crippen LogP contribution in [0.3, 0.4) is 0 Å². The van der Waals surface area contributed by atoms with E-state index in [-0.39, 0.29) is 24.3 Å². The smallest absolute Gasteiger partial charge is 0.246 e. The number of hydrogen-bond acceptors (Lipinski definition) is 6. The SMILES string of the molecule is CC(C)[C@H](N)C(=O)N[C@H](CCCNN)C(=O)Nc1ccc(CO)cc1. The number of anilines is 1. The lowest BCUT2D eigenvalue weighted by molar-refractivity contribution is -0.128. The Balaban J connectivity index is 2.74. The summed E-state index contributed by atoms with van der Waals surface area (Å²) < 4.78 is 0. The lowest BCUT2D eigenvalue weighted by atomic mass is 10.0. The van der Waals surface area contributed by atoms with Crippen molar-refractivity contribution in [3.05, 3.63) is 29.8 Å². The highest BCUT2D eigenvalue weighted by Crippen LogP contribution is 2.11. The number of amides is 2. The Morgan fingerprint density at radius 1 is 1.16 bits per heavy atom. The van der Waals surface area contributed by atoms with Crippen LogP contribution in [-0.2, 0) is 16.2 Å². The second kappa shape index (κ2) is 10.8. The summed E-state index contributed by atoms with van der Waals surface area (Å²) in [7, 11) is 0. The molecular formula is C17H29N5O3. The molecule has 0 saturated carbocycles. The zero-order valence-electron chi connectivity index (χ0n) is 14.8. The van der Waals surface area contributed by atoms with E-state index < -0.39 is 12.1 Å². The summed E-state index contributed by atoms with van der Waals surface area (Å²) in [6.07, 6.45) is 1.05. The number of nitrogens with one attached hydrogen (secondary N) is 3. The van der Waals surface area contributed by atoms with E-state index in [0.717, 1.165) is 5.56 Å². The van der Waals surface area contributed by atoms with Crippen molar-refractivity contribution in [2.75, 3.05) is 11.9 Å². The first-order valence-electron chi connectivity index (χ1n) is 8.39. The summed E-state index contributed by atoms with van der Waals surface area (Å²) in [6, 6.07) is 5.45. The predicted molar refractivity (Wildman–Crippen MR) is 97.2 cm³/mol. The standard InChI is InChI=1S/C17H29N5O3/c1-11(2)15(18)17(25)22-14(4-3-9-20-19)16(24)21-13-7-5-12(10-23)6-8-13/h5-8,11,14-15,20,23H,3-4,9-10,18-19H2,1-2H3,(H,21,24)(H,22,25)/t14-,15+/m1/s1. The molecule has 2 amide bonds. The van der Waals surface area contributed by atoms with Crippen molar-refractivity contribution in [1.29, 1.82) is 0 Å². The Morgan fingerprint density at radius 3 is 2.32 bits per heavy atom. The molecule has 0 aliphatic heterocycles. The van der Waals surface area contributed by atoms with E-state index >= 15 is 0 Å². The molecule has 8 N–H and O–H groups in total. The van der Waals surface area contributed by atoms with Gasteiger partial charge in [0.1, 0.15) is 6.04 Å². The number of hydrazine groups is 1. The first-order valence-corrected chi connectivity index (χ1v) is 8.39. The third-order valence-electron chi connectivity index (χ3n) is 3.87. The molecule has 2 atom stereocenters. The van der Waals surface area contributed by atoms with Crippen LogP contribution >= 0.6 is 0 Å². The van der Waals surface area contributed by atoms with Gasteiger partial charge in [-0.1, -0.05) is 26.0 Å². The van der Waals surface area contributed by atoms with Gasteiger partial charge in [-0.3, -0.25) is 20.9 Å². The van der Waals surface area contributed by atoms with E-state index in [9.17, 15) is 9.59 Å². The third-order valence-corrected chi connectivity index (χ3v) is 3.87. The van der Waals surface area contributed by atoms with Crippen molar-refractivity contribution in [3.8, 4) is 0 Å². The van der Waals surface area contributed by atoms with Crippen LogP contribution in [0.2, 0.25) is 0 Å². The Morgan fingerprint density at radius 2 is 1.80 bits per heavy atom. The summed E-state index contributed by atoms with van der Waals surface area (Å²) in [5.74, 6) is 4.55. The molecule has 1 rings (SSSR count). The summed E-state index contributed by atoms with van der Waals surface area (Å²) >= 11 is 0. The normalized spacial score (nSPS) is 13.4. The second-order valence-corrected chi connectivity index (χ2v) is 6.27. The van der Waals surface area contributed by atoms with Crippen LogP contribution in [0.5, 0.6) is 0 Å². The zero-order valence-corrected chi connectivity index (χ0v) is 14.8. The summed E-state index contributed by atoms with van der Waals surface area (Å²) in [5.41, 5.74) is 9.71. The van der Waals surface area contributed by atoms with Gasteiger partial charge < -0.3 is 21.5 Å². The fourth-order valence-electron chi connectivity index (χ4n) is 2.17. The molecule has 0 aliphatic rings. The van der Waals surface area contributed by atoms with E-state index in [1.165, 1.54) is 0 Å². The Bertz CT molecular complexity index is 548. The predicted octanol–water partition coefficient (Wildman–Crippen LogP) is -0.171. The molecule has 8 heteroatoms. The summed E-state index contributed by atoms with van der Waals surface area (Å²) in [6.45, 7) is 4.16. The monoisotopic (exact) mass is 351 g/mol. The molecule has 1 aromatic carbocycles. The Labute approximate surface area is 148 Å². The molecule has 0 spiro atoms. The van der Waals surface area contributed by atoms with Gasteiger partial charge in [0.05, 0.1) is 12.6 Å². The molecule has 0 radical (unpaired) electrons. The minimum atomic E-state index is -0.705. The van der Waals surface area contributed by atoms with E-state index in [1.807, 2.05) is 13.8 Å². The maximum atomic E-state index is 12.5. The van der Waals surface area contributed by atoms with Crippen LogP contribution in [0.15, 0.2) is 24.3 Å². The van der Waals surface area contributed by atoms with Crippen LogP contribution in [0.4, 0.5) is 5.69 Å². The average Bonchev–Trinajstić information content (AvgIpc) is 2.60. The second-order valence-electron chi connectivity index (χ2n) is 6.27. The molecule has 0 saturated heterocycles. The molecule has 0 bridgehead atoms. The van der Waals surface area contributed by atoms with Crippen LogP contribution in [0.25, 0.3) is 0 Å². The third kappa shape index (κ3) is 7.18. The molecule has 0 heterocycles. The van der Waals surface area contributed by atoms with Crippen LogP contribution in [0, 0.1) is 5.92 Å². The topological polar surface area (TPSA) is 142 Å². The molecule has 8 nitrogen and oxygen atoms in total. The highest BCUT2D eigenvalue weighted by atomic mass is 16.3. The van der Waals surface area contributed by atoms with Gasteiger partial charge in [-0.25, -0.2) is 0 Å². The lowest BCUT2D eigenvalue weighted by Crippen LogP contribution is -2.51. The van der Waals surface area contributed by atoms with Crippen molar-refractivity contribution < 1.29 is 14.7 Å². The van der Waals surface area contributed by atoms with Crippen molar-refractivity contribution in [1.82, 2.24) is 10.7 Å².